The van der Waals surface area contributed by atoms with Crippen molar-refractivity contribution in [1.29, 1.82) is 5.26 Å². The van der Waals surface area contributed by atoms with Crippen LogP contribution < -0.4 is 0 Å². The van der Waals surface area contributed by atoms with Crippen LogP contribution in [0.25, 0.3) is 0 Å². The second-order valence-corrected chi connectivity index (χ2v) is 5.61. The Hall–Kier alpha value is -0.550. The molecule has 0 amide bonds. The monoisotopic (exact) mass is 210 g/mol. The van der Waals surface area contributed by atoms with Crippen LogP contribution in [0.15, 0.2) is 0 Å². The van der Waals surface area contributed by atoms with E-state index < -0.39 is 0 Å². The molecule has 0 N–H and O–H groups in total. The van der Waals surface area contributed by atoms with Crippen molar-refractivity contribution in [3.63, 3.8) is 0 Å². The summed E-state index contributed by atoms with van der Waals surface area (Å²) in [7, 11) is 2.18. The van der Waals surface area contributed by atoms with Gasteiger partial charge in [-0.05, 0) is 46.2 Å². The summed E-state index contributed by atoms with van der Waals surface area (Å²) in [5.74, 6) is 0.741. The molecule has 0 unspecified atom stereocenters. The minimum atomic E-state index is -0.142. The molecule has 0 aliphatic carbocycles. The van der Waals surface area contributed by atoms with Gasteiger partial charge >= 0.3 is 0 Å². The van der Waals surface area contributed by atoms with Crippen LogP contribution in [-0.4, -0.2) is 25.0 Å². The average Bonchev–Trinajstić information content (AvgIpc) is 2.11. The van der Waals surface area contributed by atoms with Crippen molar-refractivity contribution in [3.05, 3.63) is 0 Å². The van der Waals surface area contributed by atoms with Crippen LogP contribution in [0, 0.1) is 22.7 Å². The molecule has 0 aromatic heterocycles. The fourth-order valence-corrected chi connectivity index (χ4v) is 1.72. The maximum Gasteiger partial charge on any atom is 0.0683 e. The van der Waals surface area contributed by atoms with E-state index in [0.29, 0.717) is 0 Å². The maximum absolute atomic E-state index is 8.86. The van der Waals surface area contributed by atoms with E-state index in [1.807, 2.05) is 13.8 Å². The Morgan fingerprint density at radius 3 is 2.33 bits per heavy atom. The summed E-state index contributed by atoms with van der Waals surface area (Å²) in [6, 6.07) is 2.35. The lowest BCUT2D eigenvalue weighted by Gasteiger charge is -2.20. The molecule has 2 heteroatoms. The van der Waals surface area contributed by atoms with Gasteiger partial charge in [0, 0.05) is 6.54 Å². The third-order valence-corrected chi connectivity index (χ3v) is 2.57. The number of hydrogen-bond donors (Lipinski definition) is 0. The quantitative estimate of drug-likeness (QED) is 0.603. The van der Waals surface area contributed by atoms with E-state index in [1.54, 1.807) is 0 Å². The zero-order valence-electron chi connectivity index (χ0n) is 11.0. The van der Waals surface area contributed by atoms with Crippen LogP contribution in [0.5, 0.6) is 0 Å². The first kappa shape index (κ1) is 14.5. The maximum atomic E-state index is 8.86. The molecule has 0 aromatic carbocycles. The molecule has 0 fully saturated rings. The number of rotatable bonds is 7. The molecular weight excluding hydrogens is 184 g/mol. The first-order chi connectivity index (χ1) is 6.87. The Kier molecular flexibility index (Phi) is 6.60. The van der Waals surface area contributed by atoms with Crippen LogP contribution in [0.1, 0.15) is 47.0 Å². The van der Waals surface area contributed by atoms with E-state index in [9.17, 15) is 0 Å². The van der Waals surface area contributed by atoms with Gasteiger partial charge in [-0.15, -0.1) is 0 Å². The highest BCUT2D eigenvalue weighted by Gasteiger charge is 2.15. The Morgan fingerprint density at radius 1 is 1.27 bits per heavy atom. The minimum absolute atomic E-state index is 0.142. The van der Waals surface area contributed by atoms with Crippen molar-refractivity contribution in [1.82, 2.24) is 4.90 Å². The molecule has 0 rings (SSSR count). The van der Waals surface area contributed by atoms with E-state index in [4.69, 9.17) is 5.26 Å². The number of nitriles is 1. The van der Waals surface area contributed by atoms with Gasteiger partial charge in [-0.3, -0.25) is 0 Å². The molecular formula is C13H26N2. The number of unbranched alkanes of at least 4 members (excludes halogenated alkanes) is 1. The van der Waals surface area contributed by atoms with Gasteiger partial charge in [-0.1, -0.05) is 20.3 Å². The van der Waals surface area contributed by atoms with Crippen LogP contribution in [0.2, 0.25) is 0 Å². The van der Waals surface area contributed by atoms with E-state index in [0.717, 1.165) is 25.3 Å². The zero-order chi connectivity index (χ0) is 11.9. The molecule has 0 aromatic rings. The molecule has 0 radical (unpaired) electrons. The van der Waals surface area contributed by atoms with Gasteiger partial charge in [0.2, 0.25) is 0 Å². The van der Waals surface area contributed by atoms with E-state index in [1.165, 1.54) is 13.0 Å². The molecule has 0 spiro atoms. The van der Waals surface area contributed by atoms with Crippen molar-refractivity contribution in [2.45, 2.75) is 47.0 Å². The summed E-state index contributed by atoms with van der Waals surface area (Å²) >= 11 is 0. The van der Waals surface area contributed by atoms with Crippen molar-refractivity contribution in [2.24, 2.45) is 11.3 Å². The van der Waals surface area contributed by atoms with Crippen molar-refractivity contribution < 1.29 is 0 Å². The SMILES string of the molecule is CC(C)CN(C)CCCCC(C)(C)C#N. The molecule has 0 bridgehead atoms. The Labute approximate surface area is 95.3 Å². The molecule has 0 atom stereocenters. The molecule has 88 valence electrons. The minimum Gasteiger partial charge on any atom is -0.306 e. The first-order valence-electron chi connectivity index (χ1n) is 5.97. The van der Waals surface area contributed by atoms with Crippen molar-refractivity contribution in [2.75, 3.05) is 20.1 Å². The zero-order valence-corrected chi connectivity index (χ0v) is 11.0. The molecule has 0 heterocycles. The summed E-state index contributed by atoms with van der Waals surface area (Å²) in [6.45, 7) is 10.8. The normalized spacial score (nSPS) is 12.1. The average molecular weight is 210 g/mol. The van der Waals surface area contributed by atoms with Gasteiger partial charge in [0.05, 0.1) is 11.5 Å². The fraction of sp³-hybridized carbons (Fsp3) is 0.923. The second-order valence-electron chi connectivity index (χ2n) is 5.61. The van der Waals surface area contributed by atoms with Gasteiger partial charge in [0.1, 0.15) is 0 Å². The van der Waals surface area contributed by atoms with Crippen LogP contribution in [0.4, 0.5) is 0 Å². The topological polar surface area (TPSA) is 27.0 Å². The third-order valence-electron chi connectivity index (χ3n) is 2.57. The summed E-state index contributed by atoms with van der Waals surface area (Å²) < 4.78 is 0. The summed E-state index contributed by atoms with van der Waals surface area (Å²) in [6.07, 6.45) is 3.37. The molecule has 0 saturated heterocycles. The molecule has 0 aliphatic rings. The lowest BCUT2D eigenvalue weighted by atomic mass is 9.89. The van der Waals surface area contributed by atoms with E-state index in [-0.39, 0.29) is 5.41 Å². The summed E-state index contributed by atoms with van der Waals surface area (Å²) in [4.78, 5) is 2.38. The predicted octanol–water partition coefficient (Wildman–Crippen LogP) is 3.29. The van der Waals surface area contributed by atoms with E-state index in [2.05, 4.69) is 31.9 Å². The van der Waals surface area contributed by atoms with E-state index >= 15 is 0 Å². The highest BCUT2D eigenvalue weighted by atomic mass is 15.1. The van der Waals surface area contributed by atoms with Gasteiger partial charge in [0.25, 0.3) is 0 Å². The molecule has 0 saturated carbocycles. The predicted molar refractivity (Wildman–Crippen MR) is 65.6 cm³/mol. The molecule has 15 heavy (non-hydrogen) atoms. The highest BCUT2D eigenvalue weighted by molar-refractivity contribution is 4.91. The van der Waals surface area contributed by atoms with Gasteiger partial charge < -0.3 is 4.90 Å². The summed E-state index contributed by atoms with van der Waals surface area (Å²) in [5.41, 5.74) is -0.142. The van der Waals surface area contributed by atoms with Crippen molar-refractivity contribution in [3.8, 4) is 6.07 Å². The Balaban J connectivity index is 3.51. The fourth-order valence-electron chi connectivity index (χ4n) is 1.72. The number of hydrogen-bond acceptors (Lipinski definition) is 2. The van der Waals surface area contributed by atoms with Crippen molar-refractivity contribution >= 4 is 0 Å². The van der Waals surface area contributed by atoms with Crippen LogP contribution >= 0.6 is 0 Å². The Morgan fingerprint density at radius 2 is 1.87 bits per heavy atom. The molecule has 0 aliphatic heterocycles. The van der Waals surface area contributed by atoms with Gasteiger partial charge in [-0.2, -0.15) is 5.26 Å². The van der Waals surface area contributed by atoms with Crippen LogP contribution in [-0.2, 0) is 0 Å². The first-order valence-corrected chi connectivity index (χ1v) is 5.97. The highest BCUT2D eigenvalue weighted by Crippen LogP contribution is 2.21. The third kappa shape index (κ3) is 8.44. The van der Waals surface area contributed by atoms with Crippen LogP contribution in [0.3, 0.4) is 0 Å². The van der Waals surface area contributed by atoms with Gasteiger partial charge in [-0.25, -0.2) is 0 Å². The second kappa shape index (κ2) is 6.85. The lowest BCUT2D eigenvalue weighted by molar-refractivity contribution is 0.282. The summed E-state index contributed by atoms with van der Waals surface area (Å²) in [5, 5.41) is 8.86. The van der Waals surface area contributed by atoms with Gasteiger partial charge in [0.15, 0.2) is 0 Å². The number of nitrogens with zero attached hydrogens (tertiary/aromatic N) is 2. The smallest absolute Gasteiger partial charge is 0.0683 e. The largest absolute Gasteiger partial charge is 0.306 e. The Bertz CT molecular complexity index is 201. The molecule has 2 nitrogen and oxygen atoms in total. The lowest BCUT2D eigenvalue weighted by Crippen LogP contribution is -2.24. The standard InChI is InChI=1S/C13H26N2/c1-12(2)10-15(5)9-7-6-8-13(3,4)11-14/h12H,6-10H2,1-5H3.